The van der Waals surface area contributed by atoms with Gasteiger partial charge in [-0.05, 0) is 71.8 Å². The van der Waals surface area contributed by atoms with Crippen LogP contribution in [0.1, 0.15) is 16.8 Å². The third-order valence-electron chi connectivity index (χ3n) is 4.68. The molecule has 8 nitrogen and oxygen atoms in total. The molecule has 2 heterocycles. The lowest BCUT2D eigenvalue weighted by Crippen LogP contribution is -2.28. The molecule has 0 saturated heterocycles. The minimum absolute atomic E-state index is 0.0469. The first kappa shape index (κ1) is 17.7. The average molecular weight is 376 g/mol. The highest BCUT2D eigenvalue weighted by molar-refractivity contribution is 5.85. The summed E-state index contributed by atoms with van der Waals surface area (Å²) >= 11 is 0. The van der Waals surface area contributed by atoms with Crippen molar-refractivity contribution < 1.29 is 9.53 Å². The van der Waals surface area contributed by atoms with Crippen molar-refractivity contribution in [2.45, 2.75) is 20.4 Å². The molecule has 2 aromatic carbocycles. The fraction of sp³-hybridized carbons (Fsp3) is 0.200. The molecule has 2 N–H and O–H groups in total. The number of carbonyl (C=O) groups excluding carboxylic acids is 1. The number of rotatable bonds is 6. The largest absolute Gasteiger partial charge is 0.484 e. The molecule has 0 saturated carbocycles. The van der Waals surface area contributed by atoms with Crippen LogP contribution >= 0.6 is 0 Å². The molecule has 0 radical (unpaired) electrons. The highest BCUT2D eigenvalue weighted by Gasteiger charge is 2.07. The van der Waals surface area contributed by atoms with Crippen molar-refractivity contribution in [3.63, 3.8) is 0 Å². The summed E-state index contributed by atoms with van der Waals surface area (Å²) < 4.78 is 7.09. The van der Waals surface area contributed by atoms with Gasteiger partial charge in [0.15, 0.2) is 6.61 Å². The Hall–Kier alpha value is -3.68. The van der Waals surface area contributed by atoms with E-state index >= 15 is 0 Å². The number of H-pyrrole nitrogens is 1. The van der Waals surface area contributed by atoms with Crippen LogP contribution in [0.25, 0.3) is 16.6 Å². The van der Waals surface area contributed by atoms with Crippen LogP contribution in [0.2, 0.25) is 0 Å². The summed E-state index contributed by atoms with van der Waals surface area (Å²) in [5.41, 5.74) is 5.37. The Bertz CT molecular complexity index is 1100. The number of hydrogen-bond acceptors (Lipinski definition) is 5. The normalized spacial score (nSPS) is 10.9. The van der Waals surface area contributed by atoms with Gasteiger partial charge in [0.05, 0.1) is 5.69 Å². The Morgan fingerprint density at radius 3 is 2.75 bits per heavy atom. The van der Waals surface area contributed by atoms with Crippen molar-refractivity contribution in [3.8, 4) is 11.4 Å². The lowest BCUT2D eigenvalue weighted by Gasteiger charge is -2.08. The molecule has 28 heavy (non-hydrogen) atoms. The Morgan fingerprint density at radius 1 is 1.18 bits per heavy atom. The van der Waals surface area contributed by atoms with E-state index in [1.807, 2.05) is 24.3 Å². The van der Waals surface area contributed by atoms with E-state index in [0.29, 0.717) is 12.3 Å². The number of amides is 1. The molecule has 0 atom stereocenters. The summed E-state index contributed by atoms with van der Waals surface area (Å²) in [6, 6.07) is 13.3. The SMILES string of the molecule is Cc1[nH]c2ccc(CNC(=O)COc3ccc(-n4cnnn4)cc3)cc2c1C. The van der Waals surface area contributed by atoms with Crippen molar-refractivity contribution in [1.82, 2.24) is 30.5 Å². The van der Waals surface area contributed by atoms with Gasteiger partial charge in [0.25, 0.3) is 5.91 Å². The quantitative estimate of drug-likeness (QED) is 0.539. The van der Waals surface area contributed by atoms with E-state index in [-0.39, 0.29) is 12.5 Å². The lowest BCUT2D eigenvalue weighted by molar-refractivity contribution is -0.123. The van der Waals surface area contributed by atoms with E-state index in [9.17, 15) is 4.79 Å². The number of hydrogen-bond donors (Lipinski definition) is 2. The van der Waals surface area contributed by atoms with Crippen LogP contribution in [0, 0.1) is 13.8 Å². The van der Waals surface area contributed by atoms with Gasteiger partial charge in [0, 0.05) is 23.1 Å². The van der Waals surface area contributed by atoms with Crippen LogP contribution in [0.3, 0.4) is 0 Å². The number of nitrogens with zero attached hydrogens (tertiary/aromatic N) is 4. The number of carbonyl (C=O) groups is 1. The second-order valence-electron chi connectivity index (χ2n) is 6.57. The molecule has 1 amide bonds. The summed E-state index contributed by atoms with van der Waals surface area (Å²) in [4.78, 5) is 15.5. The Labute approximate surface area is 161 Å². The Morgan fingerprint density at radius 2 is 2.00 bits per heavy atom. The monoisotopic (exact) mass is 376 g/mol. The molecule has 2 aromatic heterocycles. The van der Waals surface area contributed by atoms with Gasteiger partial charge in [-0.15, -0.1) is 5.10 Å². The molecule has 0 fully saturated rings. The maximum atomic E-state index is 12.1. The number of tetrazole rings is 1. The van der Waals surface area contributed by atoms with Crippen LogP contribution in [-0.2, 0) is 11.3 Å². The first-order valence-electron chi connectivity index (χ1n) is 8.91. The van der Waals surface area contributed by atoms with E-state index in [1.165, 1.54) is 17.3 Å². The van der Waals surface area contributed by atoms with Crippen LogP contribution in [0.5, 0.6) is 5.75 Å². The van der Waals surface area contributed by atoms with Gasteiger partial charge in [-0.25, -0.2) is 4.68 Å². The Balaban J connectivity index is 1.30. The third-order valence-corrected chi connectivity index (χ3v) is 4.68. The molecule has 0 aliphatic carbocycles. The molecule has 4 rings (SSSR count). The van der Waals surface area contributed by atoms with E-state index in [4.69, 9.17) is 4.74 Å². The number of nitrogens with one attached hydrogen (secondary N) is 2. The summed E-state index contributed by atoms with van der Waals surface area (Å²) in [6.45, 7) is 4.56. The van der Waals surface area contributed by atoms with Crippen molar-refractivity contribution in [2.75, 3.05) is 6.61 Å². The number of benzene rings is 2. The fourth-order valence-corrected chi connectivity index (χ4v) is 2.99. The van der Waals surface area contributed by atoms with Crippen molar-refractivity contribution in [3.05, 3.63) is 65.6 Å². The van der Waals surface area contributed by atoms with E-state index in [2.05, 4.69) is 45.7 Å². The van der Waals surface area contributed by atoms with Crippen LogP contribution in [-0.4, -0.2) is 37.7 Å². The fourth-order valence-electron chi connectivity index (χ4n) is 2.99. The molecule has 0 aliphatic heterocycles. The summed E-state index contributed by atoms with van der Waals surface area (Å²) in [5, 5.41) is 15.1. The molecule has 0 bridgehead atoms. The third kappa shape index (κ3) is 3.71. The molecule has 0 spiro atoms. The van der Waals surface area contributed by atoms with Crippen LogP contribution in [0.15, 0.2) is 48.8 Å². The van der Waals surface area contributed by atoms with Crippen molar-refractivity contribution in [2.24, 2.45) is 0 Å². The maximum Gasteiger partial charge on any atom is 0.258 e. The van der Waals surface area contributed by atoms with Crippen LogP contribution < -0.4 is 10.1 Å². The molecular formula is C20H20N6O2. The lowest BCUT2D eigenvalue weighted by atomic mass is 10.1. The van der Waals surface area contributed by atoms with Gasteiger partial charge in [-0.1, -0.05) is 6.07 Å². The zero-order valence-electron chi connectivity index (χ0n) is 15.6. The molecule has 142 valence electrons. The highest BCUT2D eigenvalue weighted by atomic mass is 16.5. The predicted molar refractivity (Wildman–Crippen MR) is 104 cm³/mol. The average Bonchev–Trinajstić information content (AvgIpc) is 3.34. The summed E-state index contributed by atoms with van der Waals surface area (Å²) in [5.74, 6) is 0.429. The standard InChI is InChI=1S/C20H20N6O2/c1-13-14(2)23-19-8-3-15(9-18(13)19)10-21-20(27)11-28-17-6-4-16(5-7-17)26-12-22-24-25-26/h3-9,12,23H,10-11H2,1-2H3,(H,21,27). The summed E-state index contributed by atoms with van der Waals surface area (Å²) in [6.07, 6.45) is 1.51. The summed E-state index contributed by atoms with van der Waals surface area (Å²) in [7, 11) is 0. The van der Waals surface area contributed by atoms with E-state index < -0.39 is 0 Å². The smallest absolute Gasteiger partial charge is 0.258 e. The molecule has 4 aromatic rings. The molecular weight excluding hydrogens is 356 g/mol. The number of aromatic amines is 1. The van der Waals surface area contributed by atoms with Crippen LogP contribution in [0.4, 0.5) is 0 Å². The van der Waals surface area contributed by atoms with Gasteiger partial charge in [-0.2, -0.15) is 0 Å². The van der Waals surface area contributed by atoms with Gasteiger partial charge >= 0.3 is 0 Å². The Kier molecular flexibility index (Phi) is 4.76. The first-order chi connectivity index (χ1) is 13.6. The van der Waals surface area contributed by atoms with Gasteiger partial charge in [-0.3, -0.25) is 4.79 Å². The minimum atomic E-state index is -0.174. The number of fused-ring (bicyclic) bond motifs is 1. The van der Waals surface area contributed by atoms with E-state index in [1.54, 1.807) is 16.8 Å². The number of ether oxygens (including phenoxy) is 1. The van der Waals surface area contributed by atoms with Crippen molar-refractivity contribution >= 4 is 16.8 Å². The number of aryl methyl sites for hydroxylation is 2. The van der Waals surface area contributed by atoms with Gasteiger partial charge < -0.3 is 15.0 Å². The first-order valence-corrected chi connectivity index (χ1v) is 8.91. The predicted octanol–water partition coefficient (Wildman–Crippen LogP) is 2.46. The second-order valence-corrected chi connectivity index (χ2v) is 6.57. The highest BCUT2D eigenvalue weighted by Crippen LogP contribution is 2.22. The second kappa shape index (κ2) is 7.51. The maximum absolute atomic E-state index is 12.1. The van der Waals surface area contributed by atoms with Gasteiger partial charge in [0.1, 0.15) is 12.1 Å². The zero-order chi connectivity index (χ0) is 19.5. The minimum Gasteiger partial charge on any atom is -0.484 e. The molecule has 0 aliphatic rings. The zero-order valence-corrected chi connectivity index (χ0v) is 15.6. The van der Waals surface area contributed by atoms with E-state index in [0.717, 1.165) is 22.5 Å². The molecule has 0 unspecified atom stereocenters. The number of aromatic nitrogens is 5. The van der Waals surface area contributed by atoms with Crippen molar-refractivity contribution in [1.29, 1.82) is 0 Å². The van der Waals surface area contributed by atoms with Gasteiger partial charge in [0.2, 0.25) is 0 Å². The molecule has 8 heteroatoms. The topological polar surface area (TPSA) is 97.7 Å².